The molecule has 6 atom stereocenters. The van der Waals surface area contributed by atoms with E-state index in [0.29, 0.717) is 17.9 Å². The Morgan fingerprint density at radius 2 is 1.97 bits per heavy atom. The lowest BCUT2D eigenvalue weighted by Crippen LogP contribution is -2.52. The molecule has 2 heterocycles. The Morgan fingerprint density at radius 3 is 2.66 bits per heavy atom. The molecule has 1 saturated heterocycles. The van der Waals surface area contributed by atoms with Crippen molar-refractivity contribution in [2.75, 3.05) is 0 Å². The quantitative estimate of drug-likeness (QED) is 0.778. The topological polar surface area (TPSA) is 59.4 Å². The molecule has 4 rings (SSSR count). The SMILES string of the molecule is CC1CC2(O)C(=O)OC(C)C2C(/C=C/c2ccc(-c3ccccc3F)cn2)C1C. The fourth-order valence-corrected chi connectivity index (χ4v) is 4.97. The molecule has 0 bridgehead atoms. The minimum atomic E-state index is -1.41. The van der Waals surface area contributed by atoms with Gasteiger partial charge >= 0.3 is 5.97 Å². The smallest absolute Gasteiger partial charge is 0.338 e. The van der Waals surface area contributed by atoms with E-state index in [2.05, 4.69) is 18.8 Å². The molecule has 4 nitrogen and oxygen atoms in total. The number of fused-ring (bicyclic) bond motifs is 1. The number of carbonyl (C=O) groups excluding carboxylic acids is 1. The molecule has 0 spiro atoms. The van der Waals surface area contributed by atoms with Crippen molar-refractivity contribution >= 4 is 12.0 Å². The number of aromatic nitrogens is 1. The second-order valence-electron chi connectivity index (χ2n) is 8.49. The number of esters is 1. The maximum Gasteiger partial charge on any atom is 0.338 e. The van der Waals surface area contributed by atoms with Crippen LogP contribution in [0.1, 0.15) is 32.9 Å². The standard InChI is InChI=1S/C24H26FNO3/c1-14-12-24(28)22(16(3)29-23(24)27)19(15(14)2)11-10-18-9-8-17(13-26-18)20-6-4-5-7-21(20)25/h4-11,13-16,19,22,28H,12H2,1-3H3/b11-10+. The van der Waals surface area contributed by atoms with Crippen LogP contribution in [-0.4, -0.2) is 27.8 Å². The summed E-state index contributed by atoms with van der Waals surface area (Å²) >= 11 is 0. The van der Waals surface area contributed by atoms with Crippen LogP contribution in [0.25, 0.3) is 17.2 Å². The number of ether oxygens (including phenoxy) is 1. The molecule has 5 heteroatoms. The van der Waals surface area contributed by atoms with E-state index in [1.165, 1.54) is 6.07 Å². The Hall–Kier alpha value is -2.53. The van der Waals surface area contributed by atoms with E-state index in [9.17, 15) is 14.3 Å². The summed E-state index contributed by atoms with van der Waals surface area (Å²) in [6.07, 6.45) is 5.72. The monoisotopic (exact) mass is 395 g/mol. The van der Waals surface area contributed by atoms with Gasteiger partial charge in [0.15, 0.2) is 5.60 Å². The average Bonchev–Trinajstić information content (AvgIpc) is 2.92. The number of benzene rings is 1. The van der Waals surface area contributed by atoms with Crippen LogP contribution in [0.3, 0.4) is 0 Å². The maximum atomic E-state index is 14.0. The average molecular weight is 395 g/mol. The summed E-state index contributed by atoms with van der Waals surface area (Å²) in [5.41, 5.74) is 0.572. The number of halogens is 1. The van der Waals surface area contributed by atoms with Gasteiger partial charge < -0.3 is 9.84 Å². The molecular weight excluding hydrogens is 369 g/mol. The highest BCUT2D eigenvalue weighted by molar-refractivity contribution is 5.82. The van der Waals surface area contributed by atoms with E-state index < -0.39 is 11.6 Å². The van der Waals surface area contributed by atoms with E-state index in [-0.39, 0.29) is 29.7 Å². The highest BCUT2D eigenvalue weighted by Gasteiger charge is 2.61. The van der Waals surface area contributed by atoms with Gasteiger partial charge in [0.25, 0.3) is 0 Å². The lowest BCUT2D eigenvalue weighted by atomic mass is 9.60. The molecule has 1 aliphatic heterocycles. The molecule has 0 amide bonds. The summed E-state index contributed by atoms with van der Waals surface area (Å²) in [5.74, 6) is -0.555. The molecule has 29 heavy (non-hydrogen) atoms. The Balaban J connectivity index is 1.59. The van der Waals surface area contributed by atoms with E-state index in [1.54, 1.807) is 24.4 Å². The first kappa shape index (κ1) is 19.8. The van der Waals surface area contributed by atoms with Gasteiger partial charge in [-0.05, 0) is 49.3 Å². The molecule has 2 aromatic rings. The first-order valence-corrected chi connectivity index (χ1v) is 10.1. The third-order valence-corrected chi connectivity index (χ3v) is 6.72. The number of hydrogen-bond donors (Lipinski definition) is 1. The summed E-state index contributed by atoms with van der Waals surface area (Å²) < 4.78 is 19.4. The van der Waals surface area contributed by atoms with Gasteiger partial charge in [-0.25, -0.2) is 9.18 Å². The minimum absolute atomic E-state index is 0.00163. The fraction of sp³-hybridized carbons (Fsp3) is 0.417. The van der Waals surface area contributed by atoms with E-state index in [4.69, 9.17) is 4.74 Å². The Morgan fingerprint density at radius 1 is 1.21 bits per heavy atom. The Kier molecular flexibility index (Phi) is 5.03. The third-order valence-electron chi connectivity index (χ3n) is 6.72. The normalized spacial score (nSPS) is 34.2. The summed E-state index contributed by atoms with van der Waals surface area (Å²) in [6, 6.07) is 10.3. The van der Waals surface area contributed by atoms with Crippen molar-refractivity contribution in [3.8, 4) is 11.1 Å². The van der Waals surface area contributed by atoms with Crippen molar-refractivity contribution in [3.05, 3.63) is 60.2 Å². The zero-order valence-corrected chi connectivity index (χ0v) is 16.9. The highest BCUT2D eigenvalue weighted by atomic mass is 19.1. The second kappa shape index (κ2) is 7.38. The zero-order valence-electron chi connectivity index (χ0n) is 16.9. The van der Waals surface area contributed by atoms with Gasteiger partial charge in [0.2, 0.25) is 0 Å². The number of aliphatic hydroxyl groups is 1. The molecule has 1 aliphatic carbocycles. The van der Waals surface area contributed by atoms with Crippen molar-refractivity contribution in [1.29, 1.82) is 0 Å². The molecule has 152 valence electrons. The summed E-state index contributed by atoms with van der Waals surface area (Å²) in [7, 11) is 0. The first-order valence-electron chi connectivity index (χ1n) is 10.1. The number of pyridine rings is 1. The van der Waals surface area contributed by atoms with Crippen LogP contribution in [0.15, 0.2) is 48.7 Å². The van der Waals surface area contributed by atoms with Crippen molar-refractivity contribution in [3.63, 3.8) is 0 Å². The predicted octanol–water partition coefficient (Wildman–Crippen LogP) is 4.49. The molecule has 1 aromatic heterocycles. The van der Waals surface area contributed by atoms with Crippen LogP contribution in [0.4, 0.5) is 4.39 Å². The maximum absolute atomic E-state index is 14.0. The van der Waals surface area contributed by atoms with Gasteiger partial charge in [-0.1, -0.05) is 44.2 Å². The van der Waals surface area contributed by atoms with Crippen molar-refractivity contribution < 1.29 is 19.0 Å². The number of cyclic esters (lactones) is 1. The van der Waals surface area contributed by atoms with Gasteiger partial charge in [-0.2, -0.15) is 0 Å². The molecule has 6 unspecified atom stereocenters. The molecule has 1 saturated carbocycles. The van der Waals surface area contributed by atoms with Crippen LogP contribution < -0.4 is 0 Å². The molecule has 1 N–H and O–H groups in total. The molecule has 1 aromatic carbocycles. The number of nitrogens with zero attached hydrogens (tertiary/aromatic N) is 1. The highest BCUT2D eigenvalue weighted by Crippen LogP contribution is 2.51. The lowest BCUT2D eigenvalue weighted by molar-refractivity contribution is -0.160. The number of hydrogen-bond acceptors (Lipinski definition) is 4. The van der Waals surface area contributed by atoms with Gasteiger partial charge in [0.1, 0.15) is 11.9 Å². The third kappa shape index (κ3) is 3.38. The van der Waals surface area contributed by atoms with Crippen LogP contribution in [0.2, 0.25) is 0 Å². The van der Waals surface area contributed by atoms with Crippen molar-refractivity contribution in [2.45, 2.75) is 38.9 Å². The lowest BCUT2D eigenvalue weighted by Gasteiger charge is -2.44. The fourth-order valence-electron chi connectivity index (χ4n) is 4.97. The Bertz CT molecular complexity index is 941. The van der Waals surface area contributed by atoms with Crippen LogP contribution in [0, 0.1) is 29.5 Å². The van der Waals surface area contributed by atoms with Crippen molar-refractivity contribution in [1.82, 2.24) is 4.98 Å². The molecule has 2 aliphatic rings. The van der Waals surface area contributed by atoms with E-state index >= 15 is 0 Å². The Labute approximate surface area is 170 Å². The van der Waals surface area contributed by atoms with Gasteiger partial charge in [0, 0.05) is 23.2 Å². The minimum Gasteiger partial charge on any atom is -0.460 e. The van der Waals surface area contributed by atoms with Gasteiger partial charge in [-0.3, -0.25) is 4.98 Å². The van der Waals surface area contributed by atoms with Gasteiger partial charge in [0.05, 0.1) is 5.69 Å². The number of rotatable bonds is 3. The molecular formula is C24H26FNO3. The summed E-state index contributed by atoms with van der Waals surface area (Å²) in [6.45, 7) is 6.08. The number of carbonyl (C=O) groups is 1. The van der Waals surface area contributed by atoms with E-state index in [0.717, 1.165) is 11.3 Å². The van der Waals surface area contributed by atoms with Crippen LogP contribution in [-0.2, 0) is 9.53 Å². The summed E-state index contributed by atoms with van der Waals surface area (Å²) in [4.78, 5) is 16.7. The van der Waals surface area contributed by atoms with Crippen molar-refractivity contribution in [2.24, 2.45) is 23.7 Å². The first-order chi connectivity index (χ1) is 13.8. The molecule has 2 fully saturated rings. The zero-order chi connectivity index (χ0) is 20.8. The summed E-state index contributed by atoms with van der Waals surface area (Å²) in [5, 5.41) is 11.0. The van der Waals surface area contributed by atoms with Crippen LogP contribution >= 0.6 is 0 Å². The number of allylic oxidation sites excluding steroid dienone is 1. The van der Waals surface area contributed by atoms with Gasteiger partial charge in [-0.15, -0.1) is 0 Å². The van der Waals surface area contributed by atoms with Crippen LogP contribution in [0.5, 0.6) is 0 Å². The largest absolute Gasteiger partial charge is 0.460 e. The predicted molar refractivity (Wildman–Crippen MR) is 109 cm³/mol. The molecule has 0 radical (unpaired) electrons. The van der Waals surface area contributed by atoms with E-state index in [1.807, 2.05) is 31.2 Å². The second-order valence-corrected chi connectivity index (χ2v) is 8.49.